The summed E-state index contributed by atoms with van der Waals surface area (Å²) in [6.45, 7) is 9.39. The number of rotatable bonds is 19. The van der Waals surface area contributed by atoms with E-state index in [1.807, 2.05) is 6.08 Å². The molecule has 0 radical (unpaired) electrons. The van der Waals surface area contributed by atoms with Crippen LogP contribution in [0.5, 0.6) is 0 Å². The summed E-state index contributed by atoms with van der Waals surface area (Å²) in [5.74, 6) is -1.82. The predicted octanol–water partition coefficient (Wildman–Crippen LogP) is 4.19. The molecule has 0 aromatic rings. The molecule has 8 atom stereocenters. The Kier molecular flexibility index (Phi) is 16.6. The van der Waals surface area contributed by atoms with E-state index >= 15 is 0 Å². The van der Waals surface area contributed by atoms with Crippen LogP contribution in [-0.4, -0.2) is 78.3 Å². The molecule has 0 aromatic heterocycles. The van der Waals surface area contributed by atoms with Gasteiger partial charge in [0.2, 0.25) is 5.91 Å². The van der Waals surface area contributed by atoms with Crippen molar-refractivity contribution in [3.05, 3.63) is 12.2 Å². The fourth-order valence-corrected chi connectivity index (χ4v) is 5.72. The highest BCUT2D eigenvalue weighted by Gasteiger charge is 2.55. The van der Waals surface area contributed by atoms with E-state index in [9.17, 15) is 24.9 Å². The van der Waals surface area contributed by atoms with E-state index in [1.165, 1.54) is 45.6 Å². The van der Waals surface area contributed by atoms with Gasteiger partial charge in [-0.25, -0.2) is 0 Å². The van der Waals surface area contributed by atoms with Gasteiger partial charge in [0.1, 0.15) is 5.78 Å². The molecule has 1 aliphatic carbocycles. The number of ether oxygens (including phenoxy) is 2. The van der Waals surface area contributed by atoms with Gasteiger partial charge in [-0.3, -0.25) is 9.59 Å². The van der Waals surface area contributed by atoms with Crippen LogP contribution in [0.15, 0.2) is 12.2 Å². The third kappa shape index (κ3) is 11.2. The number of methoxy groups -OCH3 is 2. The summed E-state index contributed by atoms with van der Waals surface area (Å²) in [6.07, 6.45) is 10.9. The Morgan fingerprint density at radius 2 is 1.79 bits per heavy atom. The van der Waals surface area contributed by atoms with Crippen LogP contribution < -0.4 is 5.32 Å². The number of unbranched alkanes of at least 4 members (excludes halogenated alkanes) is 4. The van der Waals surface area contributed by atoms with Crippen molar-refractivity contribution in [1.29, 1.82) is 0 Å². The van der Waals surface area contributed by atoms with Crippen molar-refractivity contribution in [3.63, 3.8) is 0 Å². The van der Waals surface area contributed by atoms with Gasteiger partial charge in [-0.1, -0.05) is 85.3 Å². The van der Waals surface area contributed by atoms with Crippen molar-refractivity contribution >= 4 is 11.7 Å². The lowest BCUT2D eigenvalue weighted by Gasteiger charge is -2.47. The highest BCUT2D eigenvalue weighted by molar-refractivity contribution is 5.89. The summed E-state index contributed by atoms with van der Waals surface area (Å²) in [4.78, 5) is 25.7. The van der Waals surface area contributed by atoms with E-state index in [-0.39, 0.29) is 25.0 Å². The number of allylic oxidation sites excluding steroid dienone is 1. The van der Waals surface area contributed by atoms with E-state index in [2.05, 4.69) is 25.2 Å². The Bertz CT molecular complexity index is 740. The number of hydrogen-bond donors (Lipinski definition) is 4. The normalized spacial score (nSPS) is 26.4. The van der Waals surface area contributed by atoms with E-state index in [1.54, 1.807) is 27.9 Å². The Hall–Kier alpha value is -1.32. The zero-order chi connectivity index (χ0) is 29.6. The molecule has 0 heterocycles. The molecular weight excluding hydrogens is 498 g/mol. The Morgan fingerprint density at radius 3 is 2.41 bits per heavy atom. The molecule has 0 spiro atoms. The maximum atomic E-state index is 13.1. The number of aliphatic hydroxyl groups excluding tert-OH is 3. The van der Waals surface area contributed by atoms with E-state index in [0.29, 0.717) is 12.3 Å². The van der Waals surface area contributed by atoms with E-state index < -0.39 is 47.4 Å². The second-order valence-electron chi connectivity index (χ2n) is 12.2. The molecule has 4 N–H and O–H groups in total. The van der Waals surface area contributed by atoms with Gasteiger partial charge < -0.3 is 30.1 Å². The van der Waals surface area contributed by atoms with Crippen LogP contribution in [-0.2, 0) is 19.1 Å². The molecule has 1 aliphatic rings. The molecule has 1 amide bonds. The maximum Gasteiger partial charge on any atom is 0.220 e. The lowest BCUT2D eigenvalue weighted by Crippen LogP contribution is -2.63. The number of carbonyl (C=O) groups is 2. The molecule has 39 heavy (non-hydrogen) atoms. The van der Waals surface area contributed by atoms with Crippen LogP contribution in [0.4, 0.5) is 0 Å². The average Bonchev–Trinajstić information content (AvgIpc) is 2.90. The molecule has 1 fully saturated rings. The van der Waals surface area contributed by atoms with Crippen LogP contribution >= 0.6 is 0 Å². The summed E-state index contributed by atoms with van der Waals surface area (Å²) >= 11 is 0. The average molecular weight is 556 g/mol. The van der Waals surface area contributed by atoms with Gasteiger partial charge in [0.15, 0.2) is 0 Å². The van der Waals surface area contributed by atoms with E-state index in [0.717, 1.165) is 12.8 Å². The number of Topliss-reactive ketones (excluding diaryl/α,β-unsaturated/α-hetero) is 1. The Morgan fingerprint density at radius 1 is 1.13 bits per heavy atom. The quantitative estimate of drug-likeness (QED) is 0.139. The molecule has 8 unspecified atom stereocenters. The summed E-state index contributed by atoms with van der Waals surface area (Å²) in [5.41, 5.74) is -1.12. The van der Waals surface area contributed by atoms with Crippen LogP contribution in [0.25, 0.3) is 0 Å². The monoisotopic (exact) mass is 555 g/mol. The molecule has 0 aliphatic heterocycles. The first-order valence-corrected chi connectivity index (χ1v) is 15.0. The minimum atomic E-state index is -1.35. The van der Waals surface area contributed by atoms with Crippen molar-refractivity contribution in [1.82, 2.24) is 5.32 Å². The largest absolute Gasteiger partial charge is 0.392 e. The van der Waals surface area contributed by atoms with Crippen LogP contribution in [0.2, 0.25) is 0 Å². The fraction of sp³-hybridized carbons (Fsp3) is 0.871. The summed E-state index contributed by atoms with van der Waals surface area (Å²) in [6, 6.07) is -0.866. The second kappa shape index (κ2) is 18.2. The lowest BCUT2D eigenvalue weighted by atomic mass is 9.61. The smallest absolute Gasteiger partial charge is 0.220 e. The number of aliphatic hydroxyl groups is 3. The Labute approximate surface area is 236 Å². The fourth-order valence-electron chi connectivity index (χ4n) is 5.72. The van der Waals surface area contributed by atoms with Gasteiger partial charge in [0, 0.05) is 26.6 Å². The molecule has 1 rings (SSSR count). The summed E-state index contributed by atoms with van der Waals surface area (Å²) in [7, 11) is 3.20. The van der Waals surface area contributed by atoms with Gasteiger partial charge in [-0.15, -0.1) is 0 Å². The molecule has 8 heteroatoms. The minimum absolute atomic E-state index is 0.0110. The number of amides is 1. The highest BCUT2D eigenvalue weighted by Crippen LogP contribution is 2.41. The van der Waals surface area contributed by atoms with E-state index in [4.69, 9.17) is 9.47 Å². The van der Waals surface area contributed by atoms with Gasteiger partial charge >= 0.3 is 0 Å². The van der Waals surface area contributed by atoms with Crippen molar-refractivity contribution in [2.45, 2.75) is 129 Å². The summed E-state index contributed by atoms with van der Waals surface area (Å²) in [5, 5.41) is 35.0. The van der Waals surface area contributed by atoms with Crippen molar-refractivity contribution in [2.75, 3.05) is 20.8 Å². The van der Waals surface area contributed by atoms with Crippen molar-refractivity contribution < 1.29 is 34.4 Å². The lowest BCUT2D eigenvalue weighted by molar-refractivity contribution is -0.173. The SMILES string of the molecule is CCCCCCCC(C)CC(CC=CCCC(=O)NC(COC)C(O)C1C(=O)C(C)(C)C(O)C(C)C1O)OC. The zero-order valence-electron chi connectivity index (χ0n) is 25.5. The number of carbonyl (C=O) groups excluding carboxylic acids is 2. The summed E-state index contributed by atoms with van der Waals surface area (Å²) < 4.78 is 10.9. The molecule has 0 saturated heterocycles. The molecule has 0 aromatic carbocycles. The second-order valence-corrected chi connectivity index (χ2v) is 12.2. The first-order chi connectivity index (χ1) is 18.4. The van der Waals surface area contributed by atoms with Crippen molar-refractivity contribution in [3.8, 4) is 0 Å². The van der Waals surface area contributed by atoms with Crippen LogP contribution in [0.3, 0.4) is 0 Å². The minimum Gasteiger partial charge on any atom is -0.392 e. The molecule has 1 saturated carbocycles. The molecule has 228 valence electrons. The highest BCUT2D eigenvalue weighted by atomic mass is 16.5. The van der Waals surface area contributed by atoms with Gasteiger partial charge in [-0.05, 0) is 25.2 Å². The van der Waals surface area contributed by atoms with Gasteiger partial charge in [0.25, 0.3) is 0 Å². The maximum absolute atomic E-state index is 13.1. The van der Waals surface area contributed by atoms with Crippen molar-refractivity contribution in [2.24, 2.45) is 23.2 Å². The Balaban J connectivity index is 2.56. The van der Waals surface area contributed by atoms with Crippen LogP contribution in [0.1, 0.15) is 98.8 Å². The topological polar surface area (TPSA) is 125 Å². The van der Waals surface area contributed by atoms with Gasteiger partial charge in [-0.2, -0.15) is 0 Å². The first kappa shape index (κ1) is 35.7. The molecular formula is C31H57NO7. The third-order valence-corrected chi connectivity index (χ3v) is 8.46. The standard InChI is InChI=1S/C31H57NO7/c1-8-9-10-11-13-16-21(2)19-23(39-7)17-14-12-15-18-25(33)32-24(20-38-6)28(35)26-27(34)22(3)29(36)31(4,5)30(26)37/h12,14,21-24,26-29,34-36H,8-11,13,15-20H2,1-7H3,(H,32,33). The molecule has 8 nitrogen and oxygen atoms in total. The molecule has 0 bridgehead atoms. The third-order valence-electron chi connectivity index (χ3n) is 8.46. The van der Waals surface area contributed by atoms with Gasteiger partial charge in [0.05, 0.1) is 48.4 Å². The number of hydrogen-bond acceptors (Lipinski definition) is 7. The van der Waals surface area contributed by atoms with Crippen LogP contribution in [0, 0.1) is 23.2 Å². The number of ketones is 1. The first-order valence-electron chi connectivity index (χ1n) is 15.0. The number of nitrogens with one attached hydrogen (secondary N) is 1. The zero-order valence-corrected chi connectivity index (χ0v) is 25.5. The predicted molar refractivity (Wildman–Crippen MR) is 154 cm³/mol.